The minimum atomic E-state index is 0.154. The molecule has 0 radical (unpaired) electrons. The highest BCUT2D eigenvalue weighted by molar-refractivity contribution is 5.80. The van der Waals surface area contributed by atoms with Gasteiger partial charge in [-0.1, -0.05) is 24.3 Å². The molecule has 0 fully saturated rings. The number of H-pyrrole nitrogens is 1. The van der Waals surface area contributed by atoms with Gasteiger partial charge in [-0.15, -0.1) is 0 Å². The second kappa shape index (κ2) is 3.64. The first kappa shape index (κ1) is 9.77. The molecule has 3 aromatic rings. The van der Waals surface area contributed by atoms with E-state index >= 15 is 0 Å². The summed E-state index contributed by atoms with van der Waals surface area (Å²) in [5, 5.41) is 1.24. The SMILES string of the molecule is c1ccc2c(c1)CC(c1ccc3[nH]ccc3c1)O2. The van der Waals surface area contributed by atoms with Crippen LogP contribution in [0.3, 0.4) is 0 Å². The highest BCUT2D eigenvalue weighted by atomic mass is 16.5. The van der Waals surface area contributed by atoms with Crippen molar-refractivity contribution in [2.45, 2.75) is 12.5 Å². The number of fused-ring (bicyclic) bond motifs is 2. The van der Waals surface area contributed by atoms with Crippen molar-refractivity contribution in [2.75, 3.05) is 0 Å². The number of aromatic amines is 1. The summed E-state index contributed by atoms with van der Waals surface area (Å²) in [7, 11) is 0. The van der Waals surface area contributed by atoms with Crippen molar-refractivity contribution in [1.82, 2.24) is 4.98 Å². The lowest BCUT2D eigenvalue weighted by Gasteiger charge is -2.11. The van der Waals surface area contributed by atoms with Crippen LogP contribution < -0.4 is 4.74 Å². The monoisotopic (exact) mass is 235 g/mol. The number of para-hydroxylation sites is 1. The van der Waals surface area contributed by atoms with Gasteiger partial charge < -0.3 is 9.72 Å². The highest BCUT2D eigenvalue weighted by Crippen LogP contribution is 2.36. The van der Waals surface area contributed by atoms with Crippen molar-refractivity contribution in [3.63, 3.8) is 0 Å². The zero-order valence-electron chi connectivity index (χ0n) is 9.89. The lowest BCUT2D eigenvalue weighted by atomic mass is 10.0. The van der Waals surface area contributed by atoms with Crippen LogP contribution in [0.4, 0.5) is 0 Å². The summed E-state index contributed by atoms with van der Waals surface area (Å²) in [6, 6.07) is 16.9. The van der Waals surface area contributed by atoms with Crippen molar-refractivity contribution >= 4 is 10.9 Å². The number of hydrogen-bond acceptors (Lipinski definition) is 1. The van der Waals surface area contributed by atoms with Crippen LogP contribution in [0.15, 0.2) is 54.7 Å². The first-order valence-corrected chi connectivity index (χ1v) is 6.22. The number of hydrogen-bond donors (Lipinski definition) is 1. The van der Waals surface area contributed by atoms with E-state index in [-0.39, 0.29) is 6.10 Å². The molecule has 1 aliphatic heterocycles. The van der Waals surface area contributed by atoms with Crippen LogP contribution in [-0.4, -0.2) is 4.98 Å². The number of ether oxygens (including phenoxy) is 1. The number of aromatic nitrogens is 1. The van der Waals surface area contributed by atoms with Crippen LogP contribution in [0.2, 0.25) is 0 Å². The Balaban J connectivity index is 1.73. The van der Waals surface area contributed by atoms with E-state index in [1.165, 1.54) is 22.0 Å². The fourth-order valence-electron chi connectivity index (χ4n) is 2.64. The molecule has 0 bridgehead atoms. The van der Waals surface area contributed by atoms with Gasteiger partial charge in [-0.05, 0) is 40.8 Å². The van der Waals surface area contributed by atoms with Crippen molar-refractivity contribution in [3.05, 3.63) is 65.9 Å². The average molecular weight is 235 g/mol. The molecule has 1 aliphatic rings. The van der Waals surface area contributed by atoms with Crippen LogP contribution in [0, 0.1) is 0 Å². The van der Waals surface area contributed by atoms with Crippen molar-refractivity contribution in [2.24, 2.45) is 0 Å². The van der Waals surface area contributed by atoms with Crippen LogP contribution in [-0.2, 0) is 6.42 Å². The Hall–Kier alpha value is -2.22. The molecule has 2 nitrogen and oxygen atoms in total. The average Bonchev–Trinajstić information content (AvgIpc) is 3.04. The quantitative estimate of drug-likeness (QED) is 0.681. The summed E-state index contributed by atoms with van der Waals surface area (Å²) in [5.74, 6) is 1.02. The summed E-state index contributed by atoms with van der Waals surface area (Å²) in [5.41, 5.74) is 3.73. The van der Waals surface area contributed by atoms with Gasteiger partial charge in [0.25, 0.3) is 0 Å². The molecule has 0 spiro atoms. The fraction of sp³-hybridized carbons (Fsp3) is 0.125. The minimum absolute atomic E-state index is 0.154. The van der Waals surface area contributed by atoms with E-state index in [0.717, 1.165) is 12.2 Å². The molecular formula is C16H13NO. The zero-order chi connectivity index (χ0) is 11.9. The van der Waals surface area contributed by atoms with Gasteiger partial charge in [0.05, 0.1) is 0 Å². The number of nitrogens with one attached hydrogen (secondary N) is 1. The van der Waals surface area contributed by atoms with Gasteiger partial charge in [-0.2, -0.15) is 0 Å². The zero-order valence-corrected chi connectivity index (χ0v) is 9.89. The number of rotatable bonds is 1. The molecule has 2 aromatic carbocycles. The third-order valence-electron chi connectivity index (χ3n) is 3.60. The second-order valence-corrected chi connectivity index (χ2v) is 4.74. The molecule has 2 heterocycles. The van der Waals surface area contributed by atoms with Crippen molar-refractivity contribution in [3.8, 4) is 5.75 Å². The molecule has 18 heavy (non-hydrogen) atoms. The first-order valence-electron chi connectivity index (χ1n) is 6.22. The predicted octanol–water partition coefficient (Wildman–Crippen LogP) is 3.84. The van der Waals surface area contributed by atoms with E-state index in [4.69, 9.17) is 4.74 Å². The van der Waals surface area contributed by atoms with Gasteiger partial charge in [0, 0.05) is 18.1 Å². The van der Waals surface area contributed by atoms with Crippen LogP contribution in [0.5, 0.6) is 5.75 Å². The Morgan fingerprint density at radius 2 is 2.00 bits per heavy atom. The topological polar surface area (TPSA) is 25.0 Å². The molecule has 4 rings (SSSR count). The van der Waals surface area contributed by atoms with Gasteiger partial charge in [-0.3, -0.25) is 0 Å². The molecule has 2 heteroatoms. The molecule has 0 saturated heterocycles. The maximum Gasteiger partial charge on any atom is 0.128 e. The summed E-state index contributed by atoms with van der Waals surface area (Å²) >= 11 is 0. The van der Waals surface area contributed by atoms with Gasteiger partial charge in [0.2, 0.25) is 0 Å². The van der Waals surface area contributed by atoms with E-state index < -0.39 is 0 Å². The number of benzene rings is 2. The van der Waals surface area contributed by atoms with Crippen LogP contribution in [0.25, 0.3) is 10.9 Å². The van der Waals surface area contributed by atoms with Gasteiger partial charge in [0.15, 0.2) is 0 Å². The fourth-order valence-corrected chi connectivity index (χ4v) is 2.64. The predicted molar refractivity (Wildman–Crippen MR) is 71.8 cm³/mol. The Morgan fingerprint density at radius 1 is 1.06 bits per heavy atom. The molecule has 0 saturated carbocycles. The van der Waals surface area contributed by atoms with Gasteiger partial charge >= 0.3 is 0 Å². The lowest BCUT2D eigenvalue weighted by Crippen LogP contribution is -2.02. The largest absolute Gasteiger partial charge is 0.485 e. The summed E-state index contributed by atoms with van der Waals surface area (Å²) in [6.45, 7) is 0. The molecular weight excluding hydrogens is 222 g/mol. The van der Waals surface area contributed by atoms with Crippen molar-refractivity contribution in [1.29, 1.82) is 0 Å². The maximum atomic E-state index is 6.01. The Labute approximate surface area is 105 Å². The molecule has 0 aliphatic carbocycles. The Bertz CT molecular complexity index is 689. The maximum absolute atomic E-state index is 6.01. The third kappa shape index (κ3) is 1.42. The lowest BCUT2D eigenvalue weighted by molar-refractivity contribution is 0.239. The van der Waals surface area contributed by atoms with E-state index in [2.05, 4.69) is 41.4 Å². The Kier molecular flexibility index (Phi) is 1.97. The normalized spacial score (nSPS) is 17.7. The Morgan fingerprint density at radius 3 is 2.94 bits per heavy atom. The minimum Gasteiger partial charge on any atom is -0.485 e. The van der Waals surface area contributed by atoms with Gasteiger partial charge in [0.1, 0.15) is 11.9 Å². The van der Waals surface area contributed by atoms with E-state index in [0.29, 0.717) is 0 Å². The molecule has 1 atom stereocenters. The van der Waals surface area contributed by atoms with Crippen LogP contribution >= 0.6 is 0 Å². The molecule has 1 aromatic heterocycles. The summed E-state index contributed by atoms with van der Waals surface area (Å²) in [6.07, 6.45) is 3.09. The highest BCUT2D eigenvalue weighted by Gasteiger charge is 2.23. The first-order chi connectivity index (χ1) is 8.90. The summed E-state index contributed by atoms with van der Waals surface area (Å²) < 4.78 is 6.01. The second-order valence-electron chi connectivity index (χ2n) is 4.74. The molecule has 88 valence electrons. The van der Waals surface area contributed by atoms with E-state index in [1.54, 1.807) is 0 Å². The molecule has 0 amide bonds. The smallest absolute Gasteiger partial charge is 0.128 e. The van der Waals surface area contributed by atoms with E-state index in [9.17, 15) is 0 Å². The molecule has 1 N–H and O–H groups in total. The van der Waals surface area contributed by atoms with Gasteiger partial charge in [-0.25, -0.2) is 0 Å². The molecule has 1 unspecified atom stereocenters. The summed E-state index contributed by atoms with van der Waals surface area (Å²) in [4.78, 5) is 3.21. The van der Waals surface area contributed by atoms with E-state index in [1.807, 2.05) is 18.3 Å². The van der Waals surface area contributed by atoms with Crippen molar-refractivity contribution < 1.29 is 4.74 Å². The third-order valence-corrected chi connectivity index (χ3v) is 3.60. The standard InChI is InChI=1S/C16H13NO/c1-2-4-15-12(3-1)10-16(18-15)13-5-6-14-11(9-13)7-8-17-14/h1-9,16-17H,10H2. The van der Waals surface area contributed by atoms with Crippen LogP contribution in [0.1, 0.15) is 17.2 Å².